The monoisotopic (exact) mass is 386 g/mol. The molecule has 0 aliphatic carbocycles. The van der Waals surface area contributed by atoms with Gasteiger partial charge in [0, 0.05) is 22.1 Å². The standard InChI is InChI=1S/C17H14N4OS3/c1-11-18-13(8-23-11)7-15-20-21-17(22-15)25-10-14-9-24-16(19-14)12-5-3-2-4-6-12/h2-6,8-9H,7,10H2,1H3. The van der Waals surface area contributed by atoms with E-state index in [0.29, 0.717) is 23.3 Å². The van der Waals surface area contributed by atoms with E-state index >= 15 is 0 Å². The summed E-state index contributed by atoms with van der Waals surface area (Å²) in [5.74, 6) is 1.30. The van der Waals surface area contributed by atoms with Gasteiger partial charge in [0.05, 0.1) is 22.8 Å². The number of hydrogen-bond acceptors (Lipinski definition) is 8. The highest BCUT2D eigenvalue weighted by Crippen LogP contribution is 2.27. The molecule has 25 heavy (non-hydrogen) atoms. The van der Waals surface area contributed by atoms with Crippen LogP contribution < -0.4 is 0 Å². The van der Waals surface area contributed by atoms with E-state index in [1.165, 1.54) is 11.8 Å². The summed E-state index contributed by atoms with van der Waals surface area (Å²) in [7, 11) is 0. The van der Waals surface area contributed by atoms with Gasteiger partial charge in [-0.1, -0.05) is 42.1 Å². The van der Waals surface area contributed by atoms with Crippen molar-refractivity contribution in [2.75, 3.05) is 0 Å². The predicted octanol–water partition coefficient (Wildman–Crippen LogP) is 4.84. The first-order chi connectivity index (χ1) is 12.3. The third-order valence-electron chi connectivity index (χ3n) is 3.36. The second kappa shape index (κ2) is 7.47. The molecule has 0 amide bonds. The molecule has 1 aromatic carbocycles. The van der Waals surface area contributed by atoms with Crippen LogP contribution in [0.1, 0.15) is 22.3 Å². The molecule has 0 radical (unpaired) electrons. The number of aromatic nitrogens is 4. The Bertz CT molecular complexity index is 961. The Morgan fingerprint density at radius 1 is 1.00 bits per heavy atom. The predicted molar refractivity (Wildman–Crippen MR) is 101 cm³/mol. The van der Waals surface area contributed by atoms with Crippen LogP contribution in [0.25, 0.3) is 10.6 Å². The maximum absolute atomic E-state index is 5.69. The quantitative estimate of drug-likeness (QED) is 0.442. The first-order valence-corrected chi connectivity index (χ1v) is 10.4. The van der Waals surface area contributed by atoms with Crippen LogP contribution in [-0.4, -0.2) is 20.2 Å². The lowest BCUT2D eigenvalue weighted by atomic mass is 10.2. The number of rotatable bonds is 6. The second-order valence-corrected chi connectivity index (χ2v) is 8.14. The molecule has 0 saturated carbocycles. The normalized spacial score (nSPS) is 11.1. The molecule has 0 aliphatic heterocycles. The number of nitrogens with zero attached hydrogens (tertiary/aromatic N) is 4. The summed E-state index contributed by atoms with van der Waals surface area (Å²) < 4.78 is 5.69. The lowest BCUT2D eigenvalue weighted by molar-refractivity contribution is 0.419. The van der Waals surface area contributed by atoms with Gasteiger partial charge in [-0.3, -0.25) is 0 Å². The van der Waals surface area contributed by atoms with Crippen molar-refractivity contribution in [3.63, 3.8) is 0 Å². The van der Waals surface area contributed by atoms with Crippen molar-refractivity contribution >= 4 is 34.4 Å². The van der Waals surface area contributed by atoms with Crippen LogP contribution in [0.4, 0.5) is 0 Å². The Labute approximate surface area is 157 Å². The van der Waals surface area contributed by atoms with Gasteiger partial charge in [0.25, 0.3) is 5.22 Å². The number of benzene rings is 1. The van der Waals surface area contributed by atoms with Crippen LogP contribution in [0.15, 0.2) is 50.7 Å². The molecule has 4 aromatic rings. The van der Waals surface area contributed by atoms with E-state index in [0.717, 1.165) is 27.0 Å². The van der Waals surface area contributed by atoms with E-state index < -0.39 is 0 Å². The topological polar surface area (TPSA) is 64.7 Å². The summed E-state index contributed by atoms with van der Waals surface area (Å²) in [4.78, 5) is 9.09. The van der Waals surface area contributed by atoms with Gasteiger partial charge in [-0.05, 0) is 6.92 Å². The van der Waals surface area contributed by atoms with Gasteiger partial charge in [-0.2, -0.15) is 0 Å². The van der Waals surface area contributed by atoms with E-state index in [4.69, 9.17) is 4.42 Å². The van der Waals surface area contributed by atoms with Gasteiger partial charge >= 0.3 is 0 Å². The van der Waals surface area contributed by atoms with Crippen LogP contribution in [0.2, 0.25) is 0 Å². The van der Waals surface area contributed by atoms with Crippen molar-refractivity contribution in [2.24, 2.45) is 0 Å². The molecular weight excluding hydrogens is 372 g/mol. The number of thioether (sulfide) groups is 1. The van der Waals surface area contributed by atoms with E-state index in [1.54, 1.807) is 22.7 Å². The summed E-state index contributed by atoms with van der Waals surface area (Å²) in [6.45, 7) is 1.99. The largest absolute Gasteiger partial charge is 0.416 e. The van der Waals surface area contributed by atoms with Gasteiger partial charge in [0.2, 0.25) is 5.89 Å². The van der Waals surface area contributed by atoms with Crippen LogP contribution in [-0.2, 0) is 12.2 Å². The van der Waals surface area contributed by atoms with Gasteiger partial charge in [0.1, 0.15) is 5.01 Å². The molecule has 4 rings (SSSR count). The minimum Gasteiger partial charge on any atom is -0.416 e. The van der Waals surface area contributed by atoms with Crippen molar-refractivity contribution in [3.05, 3.63) is 63.4 Å². The third kappa shape index (κ3) is 4.15. The summed E-state index contributed by atoms with van der Waals surface area (Å²) in [5, 5.41) is 14.9. The molecule has 8 heteroatoms. The summed E-state index contributed by atoms with van der Waals surface area (Å²) in [5.41, 5.74) is 3.13. The van der Waals surface area contributed by atoms with Crippen molar-refractivity contribution in [1.82, 2.24) is 20.2 Å². The summed E-state index contributed by atoms with van der Waals surface area (Å²) in [6.07, 6.45) is 0.576. The summed E-state index contributed by atoms with van der Waals surface area (Å²) in [6, 6.07) is 10.2. The molecule has 0 N–H and O–H groups in total. The highest BCUT2D eigenvalue weighted by Gasteiger charge is 2.11. The first-order valence-electron chi connectivity index (χ1n) is 7.62. The molecule has 3 heterocycles. The van der Waals surface area contributed by atoms with E-state index in [9.17, 15) is 0 Å². The van der Waals surface area contributed by atoms with E-state index in [1.807, 2.05) is 30.5 Å². The van der Waals surface area contributed by atoms with Crippen molar-refractivity contribution in [2.45, 2.75) is 24.3 Å². The molecule has 3 aromatic heterocycles. The van der Waals surface area contributed by atoms with Crippen LogP contribution in [0.3, 0.4) is 0 Å². The van der Waals surface area contributed by atoms with E-state index in [2.05, 4.69) is 37.7 Å². The van der Waals surface area contributed by atoms with Crippen molar-refractivity contribution in [3.8, 4) is 10.6 Å². The molecule has 0 bridgehead atoms. The molecular formula is C17H14N4OS3. The minimum atomic E-state index is 0.566. The third-order valence-corrected chi connectivity index (χ3v) is 5.98. The Kier molecular flexibility index (Phi) is 4.91. The molecule has 0 aliphatic rings. The molecule has 0 saturated heterocycles. The van der Waals surface area contributed by atoms with Crippen molar-refractivity contribution < 1.29 is 4.42 Å². The fourth-order valence-electron chi connectivity index (χ4n) is 2.23. The molecule has 126 valence electrons. The smallest absolute Gasteiger partial charge is 0.276 e. The van der Waals surface area contributed by atoms with Crippen LogP contribution in [0.5, 0.6) is 0 Å². The zero-order valence-electron chi connectivity index (χ0n) is 13.4. The minimum absolute atomic E-state index is 0.566. The Morgan fingerprint density at radius 2 is 1.84 bits per heavy atom. The van der Waals surface area contributed by atoms with Crippen LogP contribution >= 0.6 is 34.4 Å². The molecule has 0 spiro atoms. The zero-order valence-corrected chi connectivity index (χ0v) is 15.8. The molecule has 5 nitrogen and oxygen atoms in total. The van der Waals surface area contributed by atoms with Gasteiger partial charge in [-0.25, -0.2) is 9.97 Å². The van der Waals surface area contributed by atoms with Gasteiger partial charge in [-0.15, -0.1) is 32.9 Å². The highest BCUT2D eigenvalue weighted by molar-refractivity contribution is 7.98. The van der Waals surface area contributed by atoms with Gasteiger partial charge < -0.3 is 4.42 Å². The lowest BCUT2D eigenvalue weighted by Gasteiger charge is -1.94. The maximum atomic E-state index is 5.69. The average molecular weight is 387 g/mol. The average Bonchev–Trinajstić information content (AvgIpc) is 3.36. The lowest BCUT2D eigenvalue weighted by Crippen LogP contribution is -1.88. The zero-order chi connectivity index (χ0) is 17.1. The van der Waals surface area contributed by atoms with E-state index in [-0.39, 0.29) is 0 Å². The Balaban J connectivity index is 1.37. The Morgan fingerprint density at radius 3 is 2.64 bits per heavy atom. The van der Waals surface area contributed by atoms with Crippen LogP contribution in [0, 0.1) is 6.92 Å². The van der Waals surface area contributed by atoms with Crippen molar-refractivity contribution in [1.29, 1.82) is 0 Å². The van der Waals surface area contributed by atoms with Gasteiger partial charge in [0.15, 0.2) is 0 Å². The number of aryl methyl sites for hydroxylation is 1. The fourth-order valence-corrected chi connectivity index (χ4v) is 4.45. The summed E-state index contributed by atoms with van der Waals surface area (Å²) >= 11 is 4.78. The maximum Gasteiger partial charge on any atom is 0.276 e. The number of hydrogen-bond donors (Lipinski definition) is 0. The number of thiazole rings is 2. The second-order valence-electron chi connectivity index (χ2n) is 5.30. The molecule has 0 unspecified atom stereocenters. The molecule has 0 fully saturated rings. The SMILES string of the molecule is Cc1nc(Cc2nnc(SCc3csc(-c4ccccc4)n3)o2)cs1. The first kappa shape index (κ1) is 16.4. The Hall–Kier alpha value is -2.03. The highest BCUT2D eigenvalue weighted by atomic mass is 32.2. The molecule has 0 atom stereocenters. The fraction of sp³-hybridized carbons (Fsp3) is 0.176.